The molecule has 0 radical (unpaired) electrons. The zero-order valence-electron chi connectivity index (χ0n) is 11.6. The third-order valence-electron chi connectivity index (χ3n) is 3.49. The number of likely N-dealkylation sites (N-methyl/N-ethyl adjacent to an activating group) is 1. The van der Waals surface area contributed by atoms with Crippen LogP contribution in [0.3, 0.4) is 0 Å². The largest absolute Gasteiger partial charge is 0.375 e. The number of carbonyl (C=O) groups is 1. The molecule has 1 aliphatic rings. The van der Waals surface area contributed by atoms with Crippen molar-refractivity contribution in [3.8, 4) is 0 Å². The van der Waals surface area contributed by atoms with Crippen LogP contribution in [0.5, 0.6) is 0 Å². The number of hydrogen-bond donors (Lipinski definition) is 1. The van der Waals surface area contributed by atoms with E-state index >= 15 is 0 Å². The normalized spacial score (nSPS) is 20.4. The maximum Gasteiger partial charge on any atom is 0.261 e. The molecule has 0 bridgehead atoms. The van der Waals surface area contributed by atoms with Gasteiger partial charge in [0.25, 0.3) is 5.91 Å². The molecule has 1 fully saturated rings. The summed E-state index contributed by atoms with van der Waals surface area (Å²) in [5.74, 6) is 0.0376. The average molecular weight is 282 g/mol. The van der Waals surface area contributed by atoms with Crippen LogP contribution in [0, 0.1) is 6.92 Å². The summed E-state index contributed by atoms with van der Waals surface area (Å²) in [5.41, 5.74) is 1.05. The molecular weight excluding hydrogens is 260 g/mol. The minimum atomic E-state index is 0.0376. The summed E-state index contributed by atoms with van der Waals surface area (Å²) < 4.78 is 5.72. The minimum Gasteiger partial charge on any atom is -0.375 e. The van der Waals surface area contributed by atoms with Crippen molar-refractivity contribution >= 4 is 17.2 Å². The fourth-order valence-corrected chi connectivity index (χ4v) is 3.12. The first kappa shape index (κ1) is 14.5. The van der Waals surface area contributed by atoms with Crippen LogP contribution in [0.15, 0.2) is 11.4 Å². The molecule has 5 heteroatoms. The standard InChI is InChI=1S/C14H22N2O2S/c1-3-16-7-8-18-12(10-16)4-6-15-14(17)13-11(2)5-9-19-13/h5,9,12H,3-4,6-8,10H2,1-2H3,(H,15,17). The highest BCUT2D eigenvalue weighted by atomic mass is 32.1. The fraction of sp³-hybridized carbons (Fsp3) is 0.643. The van der Waals surface area contributed by atoms with Crippen molar-refractivity contribution in [2.45, 2.75) is 26.4 Å². The van der Waals surface area contributed by atoms with E-state index < -0.39 is 0 Å². The van der Waals surface area contributed by atoms with Crippen LogP contribution in [0.25, 0.3) is 0 Å². The highest BCUT2D eigenvalue weighted by molar-refractivity contribution is 7.12. The Balaban J connectivity index is 1.72. The minimum absolute atomic E-state index is 0.0376. The van der Waals surface area contributed by atoms with Gasteiger partial charge in [-0.15, -0.1) is 11.3 Å². The molecule has 1 N–H and O–H groups in total. The van der Waals surface area contributed by atoms with Crippen molar-refractivity contribution < 1.29 is 9.53 Å². The van der Waals surface area contributed by atoms with Crippen molar-refractivity contribution in [3.05, 3.63) is 21.9 Å². The summed E-state index contributed by atoms with van der Waals surface area (Å²) >= 11 is 1.50. The summed E-state index contributed by atoms with van der Waals surface area (Å²) in [6.45, 7) is 8.69. The van der Waals surface area contributed by atoms with Crippen molar-refractivity contribution in [2.24, 2.45) is 0 Å². The molecule has 4 nitrogen and oxygen atoms in total. The van der Waals surface area contributed by atoms with Crippen LogP contribution in [0.2, 0.25) is 0 Å². The Morgan fingerprint density at radius 2 is 2.47 bits per heavy atom. The Morgan fingerprint density at radius 1 is 1.63 bits per heavy atom. The molecule has 1 saturated heterocycles. The van der Waals surface area contributed by atoms with Crippen LogP contribution >= 0.6 is 11.3 Å². The third-order valence-corrected chi connectivity index (χ3v) is 4.51. The Morgan fingerprint density at radius 3 is 3.16 bits per heavy atom. The lowest BCUT2D eigenvalue weighted by molar-refractivity contribution is -0.0296. The second-order valence-electron chi connectivity index (χ2n) is 4.86. The van der Waals surface area contributed by atoms with E-state index in [0.29, 0.717) is 6.54 Å². The zero-order valence-corrected chi connectivity index (χ0v) is 12.5. The van der Waals surface area contributed by atoms with Gasteiger partial charge in [0, 0.05) is 19.6 Å². The fourth-order valence-electron chi connectivity index (χ4n) is 2.27. The number of thiophene rings is 1. The van der Waals surface area contributed by atoms with Crippen LogP contribution < -0.4 is 5.32 Å². The highest BCUT2D eigenvalue weighted by Crippen LogP contribution is 2.15. The first-order valence-corrected chi connectivity index (χ1v) is 7.75. The van der Waals surface area contributed by atoms with Gasteiger partial charge in [-0.05, 0) is 36.9 Å². The maximum atomic E-state index is 11.9. The van der Waals surface area contributed by atoms with E-state index in [-0.39, 0.29) is 12.0 Å². The molecule has 1 aromatic heterocycles. The third kappa shape index (κ3) is 4.03. The second kappa shape index (κ2) is 7.03. The van der Waals surface area contributed by atoms with Crippen molar-refractivity contribution in [1.29, 1.82) is 0 Å². The molecule has 1 aliphatic heterocycles. The molecule has 0 saturated carbocycles. The molecule has 0 aliphatic carbocycles. The van der Waals surface area contributed by atoms with E-state index in [2.05, 4.69) is 17.1 Å². The number of carbonyl (C=O) groups excluding carboxylic acids is 1. The van der Waals surface area contributed by atoms with E-state index in [0.717, 1.165) is 43.1 Å². The molecule has 0 aromatic carbocycles. The smallest absolute Gasteiger partial charge is 0.261 e. The SMILES string of the molecule is CCN1CCOC(CCNC(=O)c2sccc2C)C1. The van der Waals surface area contributed by atoms with Gasteiger partial charge in [-0.25, -0.2) is 0 Å². The molecule has 1 aromatic rings. The van der Waals surface area contributed by atoms with E-state index in [1.165, 1.54) is 11.3 Å². The lowest BCUT2D eigenvalue weighted by Crippen LogP contribution is -2.43. The molecular formula is C14H22N2O2S. The van der Waals surface area contributed by atoms with Gasteiger partial charge in [0.2, 0.25) is 0 Å². The van der Waals surface area contributed by atoms with Crippen molar-refractivity contribution in [3.63, 3.8) is 0 Å². The number of rotatable bonds is 5. The van der Waals surface area contributed by atoms with Crippen molar-refractivity contribution in [2.75, 3.05) is 32.8 Å². The van der Waals surface area contributed by atoms with Crippen LogP contribution in [-0.4, -0.2) is 49.7 Å². The molecule has 1 unspecified atom stereocenters. The first-order valence-electron chi connectivity index (χ1n) is 6.87. The van der Waals surface area contributed by atoms with Gasteiger partial charge in [-0.2, -0.15) is 0 Å². The van der Waals surface area contributed by atoms with E-state index in [4.69, 9.17) is 4.74 Å². The number of nitrogens with zero attached hydrogens (tertiary/aromatic N) is 1. The monoisotopic (exact) mass is 282 g/mol. The van der Waals surface area contributed by atoms with Gasteiger partial charge in [-0.3, -0.25) is 9.69 Å². The first-order chi connectivity index (χ1) is 9.20. The number of amides is 1. The molecule has 2 rings (SSSR count). The Labute approximate surface area is 118 Å². The average Bonchev–Trinajstić information content (AvgIpc) is 2.85. The molecule has 2 heterocycles. The number of hydrogen-bond acceptors (Lipinski definition) is 4. The van der Waals surface area contributed by atoms with Gasteiger partial charge >= 0.3 is 0 Å². The molecule has 0 spiro atoms. The maximum absolute atomic E-state index is 11.9. The molecule has 106 valence electrons. The Kier molecular flexibility index (Phi) is 5.36. The van der Waals surface area contributed by atoms with E-state index in [9.17, 15) is 4.79 Å². The Bertz CT molecular complexity index is 419. The van der Waals surface area contributed by atoms with Gasteiger partial charge in [0.1, 0.15) is 0 Å². The summed E-state index contributed by atoms with van der Waals surface area (Å²) in [6.07, 6.45) is 1.13. The zero-order chi connectivity index (χ0) is 13.7. The van der Waals surface area contributed by atoms with Crippen molar-refractivity contribution in [1.82, 2.24) is 10.2 Å². The summed E-state index contributed by atoms with van der Waals surface area (Å²) in [5, 5.41) is 4.93. The number of aryl methyl sites for hydroxylation is 1. The predicted molar refractivity (Wildman–Crippen MR) is 77.9 cm³/mol. The lowest BCUT2D eigenvalue weighted by Gasteiger charge is -2.32. The van der Waals surface area contributed by atoms with Gasteiger partial charge in [0.05, 0.1) is 17.6 Å². The van der Waals surface area contributed by atoms with Gasteiger partial charge in [0.15, 0.2) is 0 Å². The number of ether oxygens (including phenoxy) is 1. The van der Waals surface area contributed by atoms with Crippen LogP contribution in [0.1, 0.15) is 28.6 Å². The highest BCUT2D eigenvalue weighted by Gasteiger charge is 2.19. The Hall–Kier alpha value is -0.910. The quantitative estimate of drug-likeness (QED) is 0.897. The van der Waals surface area contributed by atoms with E-state index in [1.807, 2.05) is 18.4 Å². The number of nitrogens with one attached hydrogen (secondary N) is 1. The van der Waals surface area contributed by atoms with Gasteiger partial charge in [-0.1, -0.05) is 6.92 Å². The molecule has 19 heavy (non-hydrogen) atoms. The summed E-state index contributed by atoms with van der Waals surface area (Å²) in [4.78, 5) is 15.1. The molecule has 1 atom stereocenters. The topological polar surface area (TPSA) is 41.6 Å². The number of morpholine rings is 1. The lowest BCUT2D eigenvalue weighted by atomic mass is 10.2. The summed E-state index contributed by atoms with van der Waals surface area (Å²) in [7, 11) is 0. The van der Waals surface area contributed by atoms with Crippen LogP contribution in [0.4, 0.5) is 0 Å². The van der Waals surface area contributed by atoms with Crippen LogP contribution in [-0.2, 0) is 4.74 Å². The van der Waals surface area contributed by atoms with Gasteiger partial charge < -0.3 is 10.1 Å². The molecule has 1 amide bonds. The van der Waals surface area contributed by atoms with E-state index in [1.54, 1.807) is 0 Å². The second-order valence-corrected chi connectivity index (χ2v) is 5.78. The predicted octanol–water partition coefficient (Wildman–Crippen LogP) is 1.90. The summed E-state index contributed by atoms with van der Waals surface area (Å²) in [6, 6.07) is 1.98.